The molecule has 0 aromatic rings. The normalized spacial score (nSPS) is 21.4. The van der Waals surface area contributed by atoms with Crippen molar-refractivity contribution in [2.45, 2.75) is 5.62 Å². The van der Waals surface area contributed by atoms with Gasteiger partial charge in [0.1, 0.15) is 5.62 Å². The molecule has 0 radical (unpaired) electrons. The van der Waals surface area contributed by atoms with Crippen LogP contribution in [-0.2, 0) is 0 Å². The molecule has 1 aliphatic heterocycles. The first-order chi connectivity index (χ1) is 5.79. The number of rotatable bonds is 4. The van der Waals surface area contributed by atoms with Gasteiger partial charge in [0, 0.05) is 26.2 Å². The van der Waals surface area contributed by atoms with Crippen LogP contribution in [0, 0.1) is 0 Å². The summed E-state index contributed by atoms with van der Waals surface area (Å²) in [7, 11) is 0. The molecule has 0 aliphatic carbocycles. The monoisotopic (exact) mass is 186 g/mol. The Kier molecular flexibility index (Phi) is 3.79. The quantitative estimate of drug-likeness (QED) is 0.373. The molecule has 0 aromatic carbocycles. The molecule has 0 amide bonds. The van der Waals surface area contributed by atoms with Gasteiger partial charge < -0.3 is 0 Å². The second-order valence-electron chi connectivity index (χ2n) is 2.88. The zero-order chi connectivity index (χ0) is 8.97. The van der Waals surface area contributed by atoms with Gasteiger partial charge in [-0.1, -0.05) is 23.8 Å². The van der Waals surface area contributed by atoms with Gasteiger partial charge in [-0.05, 0) is 0 Å². The van der Waals surface area contributed by atoms with Crippen molar-refractivity contribution in [3.63, 3.8) is 0 Å². The number of halogens is 1. The molecule has 1 rings (SSSR count). The molecular formula is C9H15ClN2. The van der Waals surface area contributed by atoms with Crippen LogP contribution in [0.15, 0.2) is 25.3 Å². The molecule has 0 spiro atoms. The summed E-state index contributed by atoms with van der Waals surface area (Å²) in [6.45, 7) is 11.2. The third-order valence-corrected chi connectivity index (χ3v) is 2.56. The van der Waals surface area contributed by atoms with Crippen molar-refractivity contribution in [2.75, 3.05) is 26.2 Å². The highest BCUT2D eigenvalue weighted by Gasteiger charge is 2.27. The summed E-state index contributed by atoms with van der Waals surface area (Å²) in [6.07, 6.45) is 3.76. The fraction of sp³-hybridized carbons (Fsp3) is 0.556. The summed E-state index contributed by atoms with van der Waals surface area (Å²) >= 11 is 6.16. The molecular weight excluding hydrogens is 172 g/mol. The first-order valence-corrected chi connectivity index (χ1v) is 4.57. The molecule has 68 valence electrons. The Labute approximate surface area is 79.1 Å². The first kappa shape index (κ1) is 9.78. The topological polar surface area (TPSA) is 6.48 Å². The van der Waals surface area contributed by atoms with Gasteiger partial charge >= 0.3 is 0 Å². The third-order valence-electron chi connectivity index (χ3n) is 2.00. The molecule has 12 heavy (non-hydrogen) atoms. The zero-order valence-corrected chi connectivity index (χ0v) is 8.00. The zero-order valence-electron chi connectivity index (χ0n) is 7.25. The average Bonchev–Trinajstić information content (AvgIpc) is 2.38. The van der Waals surface area contributed by atoms with Crippen LogP contribution < -0.4 is 0 Å². The molecule has 0 saturated carbocycles. The summed E-state index contributed by atoms with van der Waals surface area (Å²) in [6, 6.07) is 0. The van der Waals surface area contributed by atoms with Crippen molar-refractivity contribution in [3.8, 4) is 0 Å². The summed E-state index contributed by atoms with van der Waals surface area (Å²) in [4.78, 5) is 4.36. The maximum atomic E-state index is 6.16. The van der Waals surface area contributed by atoms with E-state index in [9.17, 15) is 0 Å². The van der Waals surface area contributed by atoms with E-state index < -0.39 is 0 Å². The molecule has 1 saturated heterocycles. The Bertz CT molecular complexity index is 152. The fourth-order valence-electron chi connectivity index (χ4n) is 1.39. The molecule has 1 heterocycles. The van der Waals surface area contributed by atoms with Crippen molar-refractivity contribution in [1.82, 2.24) is 9.80 Å². The minimum absolute atomic E-state index is 0.0148. The summed E-state index contributed by atoms with van der Waals surface area (Å²) in [5.41, 5.74) is 0.0148. The molecule has 0 aromatic heterocycles. The highest BCUT2D eigenvalue weighted by Crippen LogP contribution is 2.17. The second kappa shape index (κ2) is 4.65. The van der Waals surface area contributed by atoms with E-state index in [0.717, 1.165) is 26.2 Å². The molecule has 2 nitrogen and oxygen atoms in total. The van der Waals surface area contributed by atoms with E-state index in [-0.39, 0.29) is 5.62 Å². The minimum atomic E-state index is 0.0148. The van der Waals surface area contributed by atoms with Gasteiger partial charge in [-0.15, -0.1) is 13.2 Å². The third kappa shape index (κ3) is 2.09. The first-order valence-electron chi connectivity index (χ1n) is 4.13. The van der Waals surface area contributed by atoms with Crippen molar-refractivity contribution in [1.29, 1.82) is 0 Å². The van der Waals surface area contributed by atoms with Gasteiger partial charge in [-0.25, -0.2) is 0 Å². The molecule has 0 atom stereocenters. The lowest BCUT2D eigenvalue weighted by Crippen LogP contribution is -2.34. The van der Waals surface area contributed by atoms with E-state index in [4.69, 9.17) is 11.6 Å². The van der Waals surface area contributed by atoms with Gasteiger partial charge in [-0.2, -0.15) is 0 Å². The largest absolute Gasteiger partial charge is 0.270 e. The smallest absolute Gasteiger partial charge is 0.140 e. The van der Waals surface area contributed by atoms with Crippen LogP contribution in [0.25, 0.3) is 0 Å². The number of hydrogen-bond donors (Lipinski definition) is 0. The van der Waals surface area contributed by atoms with Gasteiger partial charge in [0.2, 0.25) is 0 Å². The van der Waals surface area contributed by atoms with E-state index in [1.54, 1.807) is 0 Å². The lowest BCUT2D eigenvalue weighted by Gasteiger charge is -2.22. The molecule has 0 N–H and O–H groups in total. The molecule has 1 aliphatic rings. The van der Waals surface area contributed by atoms with E-state index >= 15 is 0 Å². The lowest BCUT2D eigenvalue weighted by molar-refractivity contribution is 0.237. The minimum Gasteiger partial charge on any atom is -0.270 e. The van der Waals surface area contributed by atoms with Gasteiger partial charge in [0.15, 0.2) is 0 Å². The average molecular weight is 187 g/mol. The van der Waals surface area contributed by atoms with Gasteiger partial charge in [0.25, 0.3) is 0 Å². The van der Waals surface area contributed by atoms with Crippen LogP contribution in [0.1, 0.15) is 0 Å². The van der Waals surface area contributed by atoms with Crippen LogP contribution in [0.3, 0.4) is 0 Å². The van der Waals surface area contributed by atoms with Gasteiger partial charge in [-0.3, -0.25) is 9.80 Å². The summed E-state index contributed by atoms with van der Waals surface area (Å²) in [5, 5.41) is 0. The Balaban J connectivity index is 2.42. The lowest BCUT2D eigenvalue weighted by atomic mass is 10.5. The molecule has 0 bridgehead atoms. The Morgan fingerprint density at radius 3 is 1.92 bits per heavy atom. The number of alkyl halides is 1. The predicted molar refractivity (Wildman–Crippen MR) is 53.2 cm³/mol. The van der Waals surface area contributed by atoms with Crippen LogP contribution in [0.2, 0.25) is 0 Å². The van der Waals surface area contributed by atoms with Crippen molar-refractivity contribution < 1.29 is 0 Å². The second-order valence-corrected chi connectivity index (χ2v) is 3.27. The number of nitrogens with zero attached hydrogens (tertiary/aromatic N) is 2. The number of hydrogen-bond acceptors (Lipinski definition) is 2. The summed E-state index contributed by atoms with van der Waals surface area (Å²) < 4.78 is 0. The van der Waals surface area contributed by atoms with Gasteiger partial charge in [0.05, 0.1) is 0 Å². The standard InChI is InChI=1S/C9H15ClN2/c1-3-5-11-7-8-12(6-4-2)9(11)10/h3-4,9H,1-2,5-8H2. The SMILES string of the molecule is C=CCN1CCN(CC=C)C1Cl. The highest BCUT2D eigenvalue weighted by molar-refractivity contribution is 6.20. The van der Waals surface area contributed by atoms with Crippen molar-refractivity contribution in [2.24, 2.45) is 0 Å². The Morgan fingerprint density at radius 1 is 1.17 bits per heavy atom. The maximum Gasteiger partial charge on any atom is 0.140 e. The molecule has 0 unspecified atom stereocenters. The van der Waals surface area contributed by atoms with Crippen LogP contribution >= 0.6 is 11.6 Å². The van der Waals surface area contributed by atoms with Crippen LogP contribution in [0.4, 0.5) is 0 Å². The van der Waals surface area contributed by atoms with Crippen LogP contribution in [-0.4, -0.2) is 41.6 Å². The maximum absolute atomic E-state index is 6.16. The van der Waals surface area contributed by atoms with E-state index in [2.05, 4.69) is 23.0 Å². The van der Waals surface area contributed by atoms with E-state index in [0.29, 0.717) is 0 Å². The fourth-order valence-corrected chi connectivity index (χ4v) is 1.74. The molecule has 1 fully saturated rings. The summed E-state index contributed by atoms with van der Waals surface area (Å²) in [5.74, 6) is 0. The Morgan fingerprint density at radius 2 is 1.58 bits per heavy atom. The van der Waals surface area contributed by atoms with E-state index in [1.165, 1.54) is 0 Å². The molecule has 3 heteroatoms. The Hall–Kier alpha value is -0.310. The van der Waals surface area contributed by atoms with E-state index in [1.807, 2.05) is 12.2 Å². The van der Waals surface area contributed by atoms with Crippen molar-refractivity contribution in [3.05, 3.63) is 25.3 Å². The highest BCUT2D eigenvalue weighted by atomic mass is 35.5. The van der Waals surface area contributed by atoms with Crippen LogP contribution in [0.5, 0.6) is 0 Å². The predicted octanol–water partition coefficient (Wildman–Crippen LogP) is 1.50. The van der Waals surface area contributed by atoms with Crippen molar-refractivity contribution >= 4 is 11.6 Å².